The van der Waals surface area contributed by atoms with Crippen LogP contribution in [-0.2, 0) is 16.0 Å². The van der Waals surface area contributed by atoms with E-state index >= 15 is 0 Å². The minimum Gasteiger partial charge on any atom is -0.348 e. The van der Waals surface area contributed by atoms with Gasteiger partial charge in [-0.05, 0) is 12.8 Å². The van der Waals surface area contributed by atoms with E-state index in [2.05, 4.69) is 29.1 Å². The van der Waals surface area contributed by atoms with Crippen LogP contribution in [0.3, 0.4) is 0 Å². The average Bonchev–Trinajstić information content (AvgIpc) is 3.56. The Bertz CT molecular complexity index is 765. The van der Waals surface area contributed by atoms with Crippen molar-refractivity contribution in [1.29, 1.82) is 0 Å². The van der Waals surface area contributed by atoms with Gasteiger partial charge in [-0.15, -0.1) is 0 Å². The maximum atomic E-state index is 13.7. The van der Waals surface area contributed by atoms with E-state index in [-0.39, 0.29) is 11.8 Å². The van der Waals surface area contributed by atoms with E-state index in [1.54, 1.807) is 12.5 Å². The van der Waals surface area contributed by atoms with Gasteiger partial charge in [0.1, 0.15) is 6.04 Å². The molecule has 6 heteroatoms. The molecule has 0 saturated heterocycles. The van der Waals surface area contributed by atoms with Crippen LogP contribution < -0.4 is 5.32 Å². The van der Waals surface area contributed by atoms with E-state index in [4.69, 9.17) is 0 Å². The molecular weight excluding hydrogens is 568 g/mol. The third-order valence-corrected chi connectivity index (χ3v) is 9.53. The molecule has 0 radical (unpaired) electrons. The van der Waals surface area contributed by atoms with Crippen molar-refractivity contribution in [2.45, 2.75) is 213 Å². The first kappa shape index (κ1) is 42.2. The van der Waals surface area contributed by atoms with Crippen molar-refractivity contribution < 1.29 is 9.59 Å². The Kier molecular flexibility index (Phi) is 29.1. The van der Waals surface area contributed by atoms with Crippen molar-refractivity contribution >= 4 is 11.8 Å². The number of aromatic amines is 1. The third-order valence-electron chi connectivity index (χ3n) is 9.53. The van der Waals surface area contributed by atoms with Crippen LogP contribution in [0.1, 0.15) is 206 Å². The molecule has 1 atom stereocenters. The fourth-order valence-corrected chi connectivity index (χ4v) is 6.61. The topological polar surface area (TPSA) is 78.1 Å². The number of H-pyrrole nitrogens is 1. The summed E-state index contributed by atoms with van der Waals surface area (Å²) in [5.74, 6) is -0.111. The van der Waals surface area contributed by atoms with Gasteiger partial charge in [-0.2, -0.15) is 0 Å². The number of hydrogen-bond acceptors (Lipinski definition) is 3. The van der Waals surface area contributed by atoms with Crippen molar-refractivity contribution in [2.75, 3.05) is 13.1 Å². The van der Waals surface area contributed by atoms with Crippen molar-refractivity contribution in [3.63, 3.8) is 0 Å². The molecule has 2 N–H and O–H groups in total. The Hall–Kier alpha value is -1.85. The van der Waals surface area contributed by atoms with Crippen LogP contribution in [0.2, 0.25) is 0 Å². The summed E-state index contributed by atoms with van der Waals surface area (Å²) in [7, 11) is 0. The van der Waals surface area contributed by atoms with Gasteiger partial charge in [-0.3, -0.25) is 9.59 Å². The molecule has 6 nitrogen and oxygen atoms in total. The van der Waals surface area contributed by atoms with Gasteiger partial charge in [0.2, 0.25) is 11.8 Å². The summed E-state index contributed by atoms with van der Waals surface area (Å²) in [4.78, 5) is 34.9. The van der Waals surface area contributed by atoms with Gasteiger partial charge in [0.15, 0.2) is 0 Å². The lowest BCUT2D eigenvalue weighted by Gasteiger charge is -2.28. The van der Waals surface area contributed by atoms with Crippen LogP contribution >= 0.6 is 0 Å². The molecule has 0 aliphatic carbocycles. The maximum absolute atomic E-state index is 13.7. The SMILES string of the molecule is CCCCCCCCCCCCCCCCN(CCCCCCCCCCCCCCCC)C(=O)C(Cc1cnc[nH]1)NC(C)=O. The zero-order valence-corrected chi connectivity index (χ0v) is 30.9. The van der Waals surface area contributed by atoms with E-state index < -0.39 is 6.04 Å². The molecule has 46 heavy (non-hydrogen) atoms. The van der Waals surface area contributed by atoms with E-state index in [1.165, 1.54) is 174 Å². The minimum atomic E-state index is -0.545. The fourth-order valence-electron chi connectivity index (χ4n) is 6.61. The van der Waals surface area contributed by atoms with Crippen LogP contribution in [0.4, 0.5) is 0 Å². The van der Waals surface area contributed by atoms with E-state index in [0.29, 0.717) is 6.42 Å². The summed E-state index contributed by atoms with van der Waals surface area (Å²) in [6.45, 7) is 7.64. The Morgan fingerprint density at radius 3 is 1.26 bits per heavy atom. The van der Waals surface area contributed by atoms with Crippen molar-refractivity contribution in [1.82, 2.24) is 20.2 Å². The number of hydrogen-bond donors (Lipinski definition) is 2. The summed E-state index contributed by atoms with van der Waals surface area (Å²) < 4.78 is 0. The lowest BCUT2D eigenvalue weighted by molar-refractivity contribution is -0.136. The summed E-state index contributed by atoms with van der Waals surface area (Å²) in [5.41, 5.74) is 0.875. The molecule has 0 bridgehead atoms. The molecule has 1 aromatic heterocycles. The molecule has 1 heterocycles. The van der Waals surface area contributed by atoms with E-state index in [9.17, 15) is 9.59 Å². The van der Waals surface area contributed by atoms with Gasteiger partial charge in [-0.1, -0.05) is 181 Å². The molecule has 0 fully saturated rings. The van der Waals surface area contributed by atoms with Crippen LogP contribution in [0.5, 0.6) is 0 Å². The highest BCUT2D eigenvalue weighted by Gasteiger charge is 2.25. The normalized spacial score (nSPS) is 12.0. The monoisotopic (exact) mass is 645 g/mol. The predicted octanol–water partition coefficient (Wildman–Crippen LogP) is 11.2. The van der Waals surface area contributed by atoms with Gasteiger partial charge in [0.25, 0.3) is 0 Å². The third kappa shape index (κ3) is 25.3. The van der Waals surface area contributed by atoms with Crippen LogP contribution in [0.25, 0.3) is 0 Å². The second kappa shape index (κ2) is 31.7. The Labute approximate surface area is 285 Å². The van der Waals surface area contributed by atoms with Gasteiger partial charge in [0.05, 0.1) is 6.33 Å². The highest BCUT2D eigenvalue weighted by Crippen LogP contribution is 2.16. The summed E-state index contributed by atoms with van der Waals surface area (Å²) in [5, 5.41) is 2.92. The largest absolute Gasteiger partial charge is 0.348 e. The predicted molar refractivity (Wildman–Crippen MR) is 197 cm³/mol. The summed E-state index contributed by atoms with van der Waals surface area (Å²) >= 11 is 0. The molecule has 0 aromatic carbocycles. The zero-order chi connectivity index (χ0) is 33.3. The number of amides is 2. The number of rotatable bonds is 34. The second-order valence-electron chi connectivity index (χ2n) is 14.1. The highest BCUT2D eigenvalue weighted by molar-refractivity contribution is 5.87. The minimum absolute atomic E-state index is 0.0502. The lowest BCUT2D eigenvalue weighted by Crippen LogP contribution is -2.49. The van der Waals surface area contributed by atoms with E-state index in [0.717, 1.165) is 31.6 Å². The Morgan fingerprint density at radius 2 is 0.957 bits per heavy atom. The molecule has 0 aliphatic rings. The standard InChI is InChI=1S/C40H76N4O2/c1-4-6-8-10-12-14-16-18-20-22-24-26-28-30-32-44(40(46)39(43-37(3)45)34-38-35-41-36-42-38)33-31-29-27-25-23-21-19-17-15-13-11-9-7-5-2/h35-36,39H,4-34H2,1-3H3,(H,41,42)(H,43,45). The highest BCUT2D eigenvalue weighted by atomic mass is 16.2. The van der Waals surface area contributed by atoms with Crippen molar-refractivity contribution in [3.8, 4) is 0 Å². The lowest BCUT2D eigenvalue weighted by atomic mass is 10.0. The Balaban J connectivity index is 2.33. The first-order valence-corrected chi connectivity index (χ1v) is 20.1. The van der Waals surface area contributed by atoms with Gasteiger partial charge >= 0.3 is 0 Å². The van der Waals surface area contributed by atoms with Crippen LogP contribution in [-0.4, -0.2) is 45.8 Å². The Morgan fingerprint density at radius 1 is 0.609 bits per heavy atom. The maximum Gasteiger partial charge on any atom is 0.245 e. The number of imidazole rings is 1. The molecular formula is C40H76N4O2. The van der Waals surface area contributed by atoms with Gasteiger partial charge in [-0.25, -0.2) is 4.98 Å². The van der Waals surface area contributed by atoms with E-state index in [1.807, 2.05) is 4.90 Å². The number of aromatic nitrogens is 2. The molecule has 2 amide bonds. The number of nitrogens with zero attached hydrogens (tertiary/aromatic N) is 2. The molecule has 0 saturated carbocycles. The smallest absolute Gasteiger partial charge is 0.245 e. The fraction of sp³-hybridized carbons (Fsp3) is 0.875. The van der Waals surface area contributed by atoms with Gasteiger partial charge < -0.3 is 15.2 Å². The van der Waals surface area contributed by atoms with Crippen molar-refractivity contribution in [2.24, 2.45) is 0 Å². The van der Waals surface area contributed by atoms with Crippen LogP contribution in [0, 0.1) is 0 Å². The first-order valence-electron chi connectivity index (χ1n) is 20.1. The molecule has 1 aromatic rings. The number of nitrogens with one attached hydrogen (secondary N) is 2. The summed E-state index contributed by atoms with van der Waals surface area (Å²) in [6, 6.07) is -0.545. The van der Waals surface area contributed by atoms with Crippen molar-refractivity contribution in [3.05, 3.63) is 18.2 Å². The molecule has 1 rings (SSSR count). The molecule has 0 spiro atoms. The molecule has 268 valence electrons. The average molecular weight is 645 g/mol. The quantitative estimate of drug-likeness (QED) is 0.0733. The summed E-state index contributed by atoms with van der Waals surface area (Å²) in [6.07, 6.45) is 41.1. The molecule has 1 unspecified atom stereocenters. The number of carbonyl (C=O) groups is 2. The number of unbranched alkanes of at least 4 members (excludes halogenated alkanes) is 26. The number of carbonyl (C=O) groups excluding carboxylic acids is 2. The second-order valence-corrected chi connectivity index (χ2v) is 14.1. The van der Waals surface area contributed by atoms with Gasteiger partial charge in [0, 0.05) is 38.3 Å². The molecule has 0 aliphatic heterocycles. The zero-order valence-electron chi connectivity index (χ0n) is 30.9. The van der Waals surface area contributed by atoms with Crippen LogP contribution in [0.15, 0.2) is 12.5 Å². The first-order chi connectivity index (χ1) is 22.6.